The van der Waals surface area contributed by atoms with Crippen molar-refractivity contribution < 1.29 is 17.9 Å². The number of aryl methyl sites for hydroxylation is 2. The Bertz CT molecular complexity index is 998. The second-order valence-corrected chi connectivity index (χ2v) is 10.4. The molecule has 0 unspecified atom stereocenters. The van der Waals surface area contributed by atoms with E-state index in [2.05, 4.69) is 5.32 Å². The van der Waals surface area contributed by atoms with E-state index in [1.54, 1.807) is 0 Å². The van der Waals surface area contributed by atoms with Crippen LogP contribution in [0.4, 0.5) is 0 Å². The van der Waals surface area contributed by atoms with Crippen LogP contribution < -0.4 is 10.1 Å². The molecule has 1 atom stereocenters. The van der Waals surface area contributed by atoms with Gasteiger partial charge in [-0.3, -0.25) is 4.79 Å². The summed E-state index contributed by atoms with van der Waals surface area (Å²) in [6.45, 7) is 6.99. The second-order valence-electron chi connectivity index (χ2n) is 8.40. The summed E-state index contributed by atoms with van der Waals surface area (Å²) in [7, 11) is -3.39. The normalized spacial score (nSPS) is 16.6. The zero-order chi connectivity index (χ0) is 22.4. The van der Waals surface area contributed by atoms with E-state index >= 15 is 0 Å². The smallest absolute Gasteiger partial charge is 0.223 e. The van der Waals surface area contributed by atoms with E-state index in [0.717, 1.165) is 22.4 Å². The van der Waals surface area contributed by atoms with E-state index in [-0.39, 0.29) is 23.6 Å². The van der Waals surface area contributed by atoms with Crippen LogP contribution >= 0.6 is 0 Å². The van der Waals surface area contributed by atoms with Gasteiger partial charge in [0.25, 0.3) is 0 Å². The fourth-order valence-corrected chi connectivity index (χ4v) is 5.39. The SMILES string of the molecule is Cc1cccc(CS(=O)(=O)N2CCC(C(=O)N[C@@H](C)COc3ccccc3C)CC2)c1. The van der Waals surface area contributed by atoms with E-state index in [4.69, 9.17) is 4.74 Å². The predicted molar refractivity (Wildman–Crippen MR) is 122 cm³/mol. The molecule has 1 aliphatic rings. The molecule has 168 valence electrons. The molecule has 1 heterocycles. The van der Waals surface area contributed by atoms with Crippen LogP contribution in [0.15, 0.2) is 48.5 Å². The summed E-state index contributed by atoms with van der Waals surface area (Å²) >= 11 is 0. The Kier molecular flexibility index (Phi) is 7.73. The number of benzene rings is 2. The summed E-state index contributed by atoms with van der Waals surface area (Å²) in [5.41, 5.74) is 2.89. The van der Waals surface area contributed by atoms with Crippen molar-refractivity contribution in [1.29, 1.82) is 0 Å². The number of carbonyl (C=O) groups is 1. The molecule has 0 aliphatic carbocycles. The Morgan fingerprint density at radius 1 is 1.13 bits per heavy atom. The van der Waals surface area contributed by atoms with E-state index < -0.39 is 10.0 Å². The van der Waals surface area contributed by atoms with Gasteiger partial charge in [0.2, 0.25) is 15.9 Å². The molecule has 1 amide bonds. The van der Waals surface area contributed by atoms with Crippen molar-refractivity contribution >= 4 is 15.9 Å². The highest BCUT2D eigenvalue weighted by molar-refractivity contribution is 7.88. The van der Waals surface area contributed by atoms with Crippen LogP contribution in [0.5, 0.6) is 5.75 Å². The average Bonchev–Trinajstić information content (AvgIpc) is 2.73. The van der Waals surface area contributed by atoms with Gasteiger partial charge in [0.15, 0.2) is 0 Å². The number of rotatable bonds is 8. The fourth-order valence-electron chi connectivity index (χ4n) is 3.84. The highest BCUT2D eigenvalue weighted by Gasteiger charge is 2.31. The summed E-state index contributed by atoms with van der Waals surface area (Å²) in [5.74, 6) is 0.609. The quantitative estimate of drug-likeness (QED) is 0.677. The molecule has 0 radical (unpaired) electrons. The van der Waals surface area contributed by atoms with Crippen molar-refractivity contribution in [3.05, 3.63) is 65.2 Å². The average molecular weight is 445 g/mol. The van der Waals surface area contributed by atoms with Crippen LogP contribution in [0, 0.1) is 19.8 Å². The zero-order valence-corrected chi connectivity index (χ0v) is 19.3. The molecule has 31 heavy (non-hydrogen) atoms. The lowest BCUT2D eigenvalue weighted by atomic mass is 9.97. The van der Waals surface area contributed by atoms with Gasteiger partial charge in [-0.15, -0.1) is 0 Å². The number of amides is 1. The molecule has 1 saturated heterocycles. The van der Waals surface area contributed by atoms with E-state index in [9.17, 15) is 13.2 Å². The molecule has 0 aromatic heterocycles. The Morgan fingerprint density at radius 3 is 2.52 bits per heavy atom. The molecule has 6 nitrogen and oxygen atoms in total. The first kappa shape index (κ1) is 23.3. The topological polar surface area (TPSA) is 75.7 Å². The molecule has 7 heteroatoms. The Balaban J connectivity index is 1.46. The maximum Gasteiger partial charge on any atom is 0.223 e. The number of ether oxygens (including phenoxy) is 1. The van der Waals surface area contributed by atoms with E-state index in [1.807, 2.05) is 69.3 Å². The highest BCUT2D eigenvalue weighted by atomic mass is 32.2. The van der Waals surface area contributed by atoms with Crippen molar-refractivity contribution in [2.24, 2.45) is 5.92 Å². The van der Waals surface area contributed by atoms with Gasteiger partial charge in [-0.1, -0.05) is 48.0 Å². The summed E-state index contributed by atoms with van der Waals surface area (Å²) in [6, 6.07) is 15.2. The number of hydrogen-bond donors (Lipinski definition) is 1. The Morgan fingerprint density at radius 2 is 1.84 bits per heavy atom. The molecule has 1 aliphatic heterocycles. The van der Waals surface area contributed by atoms with Crippen molar-refractivity contribution in [1.82, 2.24) is 9.62 Å². The Hall–Kier alpha value is -2.38. The fraction of sp³-hybridized carbons (Fsp3) is 0.458. The predicted octanol–water partition coefficient (Wildman–Crippen LogP) is 3.43. The number of piperidine rings is 1. The molecular weight excluding hydrogens is 412 g/mol. The van der Waals surface area contributed by atoms with Gasteiger partial charge in [0.05, 0.1) is 11.8 Å². The first-order chi connectivity index (χ1) is 14.7. The van der Waals surface area contributed by atoms with Gasteiger partial charge in [0.1, 0.15) is 12.4 Å². The van der Waals surface area contributed by atoms with Gasteiger partial charge >= 0.3 is 0 Å². The zero-order valence-electron chi connectivity index (χ0n) is 18.5. The number of sulfonamides is 1. The first-order valence-electron chi connectivity index (χ1n) is 10.8. The molecule has 2 aromatic carbocycles. The van der Waals surface area contributed by atoms with E-state index in [1.165, 1.54) is 4.31 Å². The molecule has 0 saturated carbocycles. The van der Waals surface area contributed by atoms with Crippen molar-refractivity contribution in [2.45, 2.75) is 45.4 Å². The standard InChI is InChI=1S/C24H32N2O4S/c1-18-7-6-9-21(15-18)17-31(28,29)26-13-11-22(12-14-26)24(27)25-20(3)16-30-23-10-5-4-8-19(23)2/h4-10,15,20,22H,11-14,16-17H2,1-3H3,(H,25,27)/t20-/m0/s1. The second kappa shape index (κ2) is 10.3. The van der Waals surface area contributed by atoms with Gasteiger partial charge in [-0.05, 0) is 50.8 Å². The molecule has 1 fully saturated rings. The number of para-hydroxylation sites is 1. The van der Waals surface area contributed by atoms with Crippen molar-refractivity contribution in [2.75, 3.05) is 19.7 Å². The third-order valence-electron chi connectivity index (χ3n) is 5.62. The third-order valence-corrected chi connectivity index (χ3v) is 7.47. The van der Waals surface area contributed by atoms with Crippen molar-refractivity contribution in [3.8, 4) is 5.75 Å². The van der Waals surface area contributed by atoms with Gasteiger partial charge in [0, 0.05) is 19.0 Å². The number of nitrogens with zero attached hydrogens (tertiary/aromatic N) is 1. The summed E-state index contributed by atoms with van der Waals surface area (Å²) < 4.78 is 32.9. The van der Waals surface area contributed by atoms with Crippen LogP contribution in [-0.2, 0) is 20.6 Å². The van der Waals surface area contributed by atoms with Crippen molar-refractivity contribution in [3.63, 3.8) is 0 Å². The minimum Gasteiger partial charge on any atom is -0.491 e. The Labute approximate surface area is 185 Å². The molecule has 2 aromatic rings. The monoisotopic (exact) mass is 444 g/mol. The molecule has 0 bridgehead atoms. The maximum atomic E-state index is 12.8. The third kappa shape index (κ3) is 6.55. The maximum absolute atomic E-state index is 12.8. The van der Waals surface area contributed by atoms with Crippen LogP contribution in [0.1, 0.15) is 36.5 Å². The van der Waals surface area contributed by atoms with Crippen LogP contribution in [0.25, 0.3) is 0 Å². The molecular formula is C24H32N2O4S. The molecule has 3 rings (SSSR count). The minimum atomic E-state index is -3.39. The summed E-state index contributed by atoms with van der Waals surface area (Å²) in [5, 5.41) is 3.01. The van der Waals surface area contributed by atoms with Crippen LogP contribution in [-0.4, -0.2) is 44.4 Å². The lowest BCUT2D eigenvalue weighted by Crippen LogP contribution is -2.46. The van der Waals surface area contributed by atoms with E-state index in [0.29, 0.717) is 32.5 Å². The lowest BCUT2D eigenvalue weighted by molar-refractivity contribution is -0.126. The lowest BCUT2D eigenvalue weighted by Gasteiger charge is -2.31. The highest BCUT2D eigenvalue weighted by Crippen LogP contribution is 2.22. The number of hydrogen-bond acceptors (Lipinski definition) is 4. The largest absolute Gasteiger partial charge is 0.491 e. The molecule has 1 N–H and O–H groups in total. The minimum absolute atomic E-state index is 0.00117. The first-order valence-corrected chi connectivity index (χ1v) is 12.4. The van der Waals surface area contributed by atoms with Crippen LogP contribution in [0.2, 0.25) is 0 Å². The molecule has 0 spiro atoms. The number of carbonyl (C=O) groups excluding carboxylic acids is 1. The van der Waals surface area contributed by atoms with Gasteiger partial charge in [-0.2, -0.15) is 0 Å². The summed E-state index contributed by atoms with van der Waals surface area (Å²) in [6.07, 6.45) is 1.06. The van der Waals surface area contributed by atoms with Gasteiger partial charge in [-0.25, -0.2) is 12.7 Å². The van der Waals surface area contributed by atoms with Gasteiger partial charge < -0.3 is 10.1 Å². The van der Waals surface area contributed by atoms with Crippen LogP contribution in [0.3, 0.4) is 0 Å². The summed E-state index contributed by atoms with van der Waals surface area (Å²) in [4.78, 5) is 12.6. The number of nitrogens with one attached hydrogen (secondary N) is 1.